The highest BCUT2D eigenvalue weighted by Crippen LogP contribution is 2.37. The molecule has 5 heteroatoms. The summed E-state index contributed by atoms with van der Waals surface area (Å²) in [7, 11) is 1.64. The molecule has 0 aliphatic carbocycles. The summed E-state index contributed by atoms with van der Waals surface area (Å²) in [5.74, 6) is 0.745. The van der Waals surface area contributed by atoms with Crippen molar-refractivity contribution in [2.24, 2.45) is 0 Å². The van der Waals surface area contributed by atoms with Gasteiger partial charge in [0.2, 0.25) is 0 Å². The SMILES string of the molecule is COc1ccc(Br)c2c(N)c3c(nc12)CCOC3. The third-order valence-corrected chi connectivity index (χ3v) is 3.89. The van der Waals surface area contributed by atoms with E-state index in [1.54, 1.807) is 7.11 Å². The number of hydrogen-bond donors (Lipinski definition) is 1. The van der Waals surface area contributed by atoms with Crippen molar-refractivity contribution in [2.75, 3.05) is 19.5 Å². The quantitative estimate of drug-likeness (QED) is 0.880. The van der Waals surface area contributed by atoms with Crippen molar-refractivity contribution < 1.29 is 9.47 Å². The Morgan fingerprint density at radius 3 is 3.06 bits per heavy atom. The first-order valence-electron chi connectivity index (χ1n) is 5.73. The number of anilines is 1. The minimum Gasteiger partial charge on any atom is -0.494 e. The van der Waals surface area contributed by atoms with E-state index in [1.165, 1.54) is 0 Å². The van der Waals surface area contributed by atoms with Gasteiger partial charge in [0.1, 0.15) is 11.3 Å². The standard InChI is InChI=1S/C13H13BrN2O2/c1-17-10-3-2-8(14)11-12(15)7-6-18-5-4-9(7)16-13(10)11/h2-3H,4-6H2,1H3,(H2,15,16). The molecule has 3 rings (SSSR count). The van der Waals surface area contributed by atoms with E-state index in [4.69, 9.17) is 20.2 Å². The summed E-state index contributed by atoms with van der Waals surface area (Å²) >= 11 is 3.52. The van der Waals surface area contributed by atoms with Crippen LogP contribution in [0.4, 0.5) is 5.69 Å². The van der Waals surface area contributed by atoms with E-state index in [1.807, 2.05) is 12.1 Å². The van der Waals surface area contributed by atoms with Gasteiger partial charge in [0.15, 0.2) is 0 Å². The predicted octanol–water partition coefficient (Wildman–Crippen LogP) is 2.66. The molecule has 4 nitrogen and oxygen atoms in total. The smallest absolute Gasteiger partial charge is 0.145 e. The van der Waals surface area contributed by atoms with Crippen LogP contribution in [0.2, 0.25) is 0 Å². The van der Waals surface area contributed by atoms with Crippen LogP contribution in [0.15, 0.2) is 16.6 Å². The molecule has 2 aromatic rings. The number of ether oxygens (including phenoxy) is 2. The van der Waals surface area contributed by atoms with Gasteiger partial charge >= 0.3 is 0 Å². The van der Waals surface area contributed by atoms with Crippen LogP contribution in [0, 0.1) is 0 Å². The normalized spacial score (nSPS) is 14.6. The van der Waals surface area contributed by atoms with Crippen LogP contribution >= 0.6 is 15.9 Å². The summed E-state index contributed by atoms with van der Waals surface area (Å²) in [6.45, 7) is 1.23. The number of nitrogens with two attached hydrogens (primary N) is 1. The molecule has 0 saturated carbocycles. The van der Waals surface area contributed by atoms with Gasteiger partial charge < -0.3 is 15.2 Å². The van der Waals surface area contributed by atoms with E-state index in [0.717, 1.165) is 44.5 Å². The molecule has 1 aromatic heterocycles. The number of rotatable bonds is 1. The van der Waals surface area contributed by atoms with Crippen LogP contribution in [0.1, 0.15) is 11.3 Å². The van der Waals surface area contributed by atoms with Crippen LogP contribution in [0.25, 0.3) is 10.9 Å². The number of aromatic nitrogens is 1. The van der Waals surface area contributed by atoms with Gasteiger partial charge in [0.25, 0.3) is 0 Å². The van der Waals surface area contributed by atoms with Crippen molar-refractivity contribution in [1.29, 1.82) is 0 Å². The summed E-state index contributed by atoms with van der Waals surface area (Å²) in [5.41, 5.74) is 9.82. The maximum atomic E-state index is 6.26. The molecule has 1 aliphatic rings. The Morgan fingerprint density at radius 1 is 1.44 bits per heavy atom. The predicted molar refractivity (Wildman–Crippen MR) is 73.8 cm³/mol. The molecule has 0 unspecified atom stereocenters. The molecule has 94 valence electrons. The second-order valence-corrected chi connectivity index (χ2v) is 5.08. The average molecular weight is 309 g/mol. The maximum Gasteiger partial charge on any atom is 0.145 e. The zero-order valence-electron chi connectivity index (χ0n) is 10.00. The minimum atomic E-state index is 0.535. The van der Waals surface area contributed by atoms with Crippen molar-refractivity contribution in [3.63, 3.8) is 0 Å². The lowest BCUT2D eigenvalue weighted by molar-refractivity contribution is 0.110. The molecule has 0 spiro atoms. The molecule has 18 heavy (non-hydrogen) atoms. The average Bonchev–Trinajstić information content (AvgIpc) is 2.39. The number of nitrogens with zero attached hydrogens (tertiary/aromatic N) is 1. The second kappa shape index (κ2) is 4.40. The van der Waals surface area contributed by atoms with E-state index in [0.29, 0.717) is 13.2 Å². The second-order valence-electron chi connectivity index (χ2n) is 4.23. The van der Waals surface area contributed by atoms with Gasteiger partial charge in [-0.25, -0.2) is 4.98 Å². The van der Waals surface area contributed by atoms with Crippen molar-refractivity contribution >= 4 is 32.5 Å². The lowest BCUT2D eigenvalue weighted by atomic mass is 10.0. The van der Waals surface area contributed by atoms with Gasteiger partial charge in [-0.2, -0.15) is 0 Å². The van der Waals surface area contributed by atoms with Gasteiger partial charge in [-0.1, -0.05) is 15.9 Å². The molecule has 0 amide bonds. The number of benzene rings is 1. The molecule has 0 bridgehead atoms. The molecule has 0 saturated heterocycles. The fourth-order valence-electron chi connectivity index (χ4n) is 2.30. The molecular weight excluding hydrogens is 296 g/mol. The summed E-state index contributed by atoms with van der Waals surface area (Å²) in [6, 6.07) is 3.82. The van der Waals surface area contributed by atoms with Crippen LogP contribution in [-0.4, -0.2) is 18.7 Å². The number of hydrogen-bond acceptors (Lipinski definition) is 4. The molecule has 1 aromatic carbocycles. The molecule has 0 atom stereocenters. The molecule has 0 radical (unpaired) electrons. The Morgan fingerprint density at radius 2 is 2.28 bits per heavy atom. The third kappa shape index (κ3) is 1.66. The van der Waals surface area contributed by atoms with E-state index >= 15 is 0 Å². The number of nitrogen functional groups attached to an aromatic ring is 1. The molecule has 2 heterocycles. The number of methoxy groups -OCH3 is 1. The van der Waals surface area contributed by atoms with Crippen LogP contribution < -0.4 is 10.5 Å². The van der Waals surface area contributed by atoms with Crippen molar-refractivity contribution in [3.05, 3.63) is 27.9 Å². The molecule has 2 N–H and O–H groups in total. The third-order valence-electron chi connectivity index (χ3n) is 3.23. The van der Waals surface area contributed by atoms with Crippen LogP contribution in [-0.2, 0) is 17.8 Å². The highest BCUT2D eigenvalue weighted by Gasteiger charge is 2.20. The van der Waals surface area contributed by atoms with Gasteiger partial charge in [0.05, 0.1) is 26.0 Å². The van der Waals surface area contributed by atoms with Gasteiger partial charge in [0, 0.05) is 27.5 Å². The summed E-state index contributed by atoms with van der Waals surface area (Å²) < 4.78 is 11.7. The van der Waals surface area contributed by atoms with Gasteiger partial charge in [-0.05, 0) is 12.1 Å². The fourth-order valence-corrected chi connectivity index (χ4v) is 2.83. The number of halogens is 1. The largest absolute Gasteiger partial charge is 0.494 e. The topological polar surface area (TPSA) is 57.4 Å². The Balaban J connectivity index is 2.41. The Labute approximate surface area is 113 Å². The van der Waals surface area contributed by atoms with Crippen molar-refractivity contribution in [1.82, 2.24) is 4.98 Å². The van der Waals surface area contributed by atoms with Gasteiger partial charge in [-0.3, -0.25) is 0 Å². The zero-order valence-corrected chi connectivity index (χ0v) is 11.6. The highest BCUT2D eigenvalue weighted by molar-refractivity contribution is 9.10. The first kappa shape index (κ1) is 11.7. The minimum absolute atomic E-state index is 0.535. The van der Waals surface area contributed by atoms with E-state index < -0.39 is 0 Å². The number of fused-ring (bicyclic) bond motifs is 2. The zero-order chi connectivity index (χ0) is 12.7. The van der Waals surface area contributed by atoms with Crippen molar-refractivity contribution in [2.45, 2.75) is 13.0 Å². The Bertz CT molecular complexity index is 628. The lowest BCUT2D eigenvalue weighted by Gasteiger charge is -2.20. The molecule has 0 fully saturated rings. The lowest BCUT2D eigenvalue weighted by Crippen LogP contribution is -2.14. The first-order chi connectivity index (χ1) is 8.72. The highest BCUT2D eigenvalue weighted by atomic mass is 79.9. The van der Waals surface area contributed by atoms with Crippen LogP contribution in [0.5, 0.6) is 5.75 Å². The monoisotopic (exact) mass is 308 g/mol. The maximum absolute atomic E-state index is 6.26. The Kier molecular flexibility index (Phi) is 2.87. The van der Waals surface area contributed by atoms with Gasteiger partial charge in [-0.15, -0.1) is 0 Å². The van der Waals surface area contributed by atoms with E-state index in [-0.39, 0.29) is 0 Å². The van der Waals surface area contributed by atoms with E-state index in [2.05, 4.69) is 15.9 Å². The van der Waals surface area contributed by atoms with Crippen molar-refractivity contribution in [3.8, 4) is 5.75 Å². The summed E-state index contributed by atoms with van der Waals surface area (Å²) in [5, 5.41) is 0.901. The van der Waals surface area contributed by atoms with E-state index in [9.17, 15) is 0 Å². The molecule has 1 aliphatic heterocycles. The Hall–Kier alpha value is -1.33. The molecular formula is C13H13BrN2O2. The van der Waals surface area contributed by atoms with Crippen LogP contribution in [0.3, 0.4) is 0 Å². The summed E-state index contributed by atoms with van der Waals surface area (Å²) in [6.07, 6.45) is 0.797. The number of pyridine rings is 1. The summed E-state index contributed by atoms with van der Waals surface area (Å²) in [4.78, 5) is 4.69. The fraction of sp³-hybridized carbons (Fsp3) is 0.308. The first-order valence-corrected chi connectivity index (χ1v) is 6.53.